The molecule has 2 N–H and O–H groups in total. The van der Waals surface area contributed by atoms with Gasteiger partial charge in [0, 0.05) is 43.1 Å². The molecule has 1 amide bonds. The monoisotopic (exact) mass is 647 g/mol. The van der Waals surface area contributed by atoms with Gasteiger partial charge in [0.1, 0.15) is 22.9 Å². The van der Waals surface area contributed by atoms with Crippen molar-refractivity contribution in [2.45, 2.75) is 31.9 Å². The Labute approximate surface area is 257 Å². The number of sulfonamides is 1. The van der Waals surface area contributed by atoms with Gasteiger partial charge in [-0.1, -0.05) is 0 Å². The number of ether oxygens (including phenoxy) is 1. The lowest BCUT2D eigenvalue weighted by Crippen LogP contribution is -2.43. The van der Waals surface area contributed by atoms with E-state index in [-0.39, 0.29) is 58.1 Å². The molecule has 13 nitrogen and oxygen atoms in total. The lowest BCUT2D eigenvalue weighted by atomic mass is 10.0. The lowest BCUT2D eigenvalue weighted by molar-refractivity contribution is 0.0912. The van der Waals surface area contributed by atoms with Crippen LogP contribution in [0.5, 0.6) is 5.75 Å². The number of likely N-dealkylation sites (tertiary alicyclic amines) is 1. The Bertz CT molecular complexity index is 1830. The van der Waals surface area contributed by atoms with Gasteiger partial charge >= 0.3 is 0 Å². The highest BCUT2D eigenvalue weighted by Gasteiger charge is 2.25. The number of nitrogens with zero attached hydrogens (tertiary/aromatic N) is 7. The number of amides is 1. The summed E-state index contributed by atoms with van der Waals surface area (Å²) in [4.78, 5) is 31.9. The van der Waals surface area contributed by atoms with Crippen LogP contribution in [0, 0.1) is 5.82 Å². The molecule has 1 aromatic carbocycles. The van der Waals surface area contributed by atoms with Crippen molar-refractivity contribution in [2.24, 2.45) is 0 Å². The maximum atomic E-state index is 15.2. The van der Waals surface area contributed by atoms with E-state index in [1.807, 2.05) is 7.05 Å². The van der Waals surface area contributed by atoms with E-state index in [4.69, 9.17) is 4.74 Å². The molecule has 4 heterocycles. The van der Waals surface area contributed by atoms with Crippen LogP contribution >= 0.6 is 0 Å². The third-order valence-electron chi connectivity index (χ3n) is 7.58. The fourth-order valence-corrected chi connectivity index (χ4v) is 5.50. The number of hydrogen-bond donors (Lipinski definition) is 2. The van der Waals surface area contributed by atoms with E-state index in [0.717, 1.165) is 42.6 Å². The Hall–Kier alpha value is -4.51. The molecule has 0 atom stereocenters. The number of rotatable bonds is 10. The zero-order chi connectivity index (χ0) is 32.5. The molecule has 1 saturated heterocycles. The third kappa shape index (κ3) is 6.93. The van der Waals surface area contributed by atoms with Crippen LogP contribution in [0.3, 0.4) is 0 Å². The quantitative estimate of drug-likeness (QED) is 0.263. The number of carbonyl (C=O) groups excluding carboxylic acids is 1. The summed E-state index contributed by atoms with van der Waals surface area (Å²) >= 11 is 0. The van der Waals surface area contributed by atoms with Gasteiger partial charge in [0.2, 0.25) is 16.0 Å². The first kappa shape index (κ1) is 31.9. The molecule has 240 valence electrons. The number of carbonyl (C=O) groups is 1. The van der Waals surface area contributed by atoms with E-state index < -0.39 is 33.9 Å². The number of benzene rings is 1. The van der Waals surface area contributed by atoms with Gasteiger partial charge in [-0.25, -0.2) is 31.6 Å². The number of fused-ring (bicyclic) bond motifs is 1. The number of methoxy groups -OCH3 is 1. The van der Waals surface area contributed by atoms with E-state index in [9.17, 15) is 22.0 Å². The van der Waals surface area contributed by atoms with E-state index >= 15 is 4.39 Å². The second-order valence-electron chi connectivity index (χ2n) is 10.7. The summed E-state index contributed by atoms with van der Waals surface area (Å²) in [6.45, 7) is 1.36. The summed E-state index contributed by atoms with van der Waals surface area (Å²) in [6, 6.07) is 3.49. The summed E-state index contributed by atoms with van der Waals surface area (Å²) in [7, 11) is 0.909. The van der Waals surface area contributed by atoms with Gasteiger partial charge in [0.05, 0.1) is 36.9 Å². The fourth-order valence-electron chi connectivity index (χ4n) is 5.04. The Morgan fingerprint density at radius 1 is 1.16 bits per heavy atom. The molecule has 0 saturated carbocycles. The van der Waals surface area contributed by atoms with Crippen molar-refractivity contribution in [1.29, 1.82) is 0 Å². The van der Waals surface area contributed by atoms with Crippen LogP contribution in [0.15, 0.2) is 36.8 Å². The van der Waals surface area contributed by atoms with Gasteiger partial charge in [-0.2, -0.15) is 4.98 Å². The maximum absolute atomic E-state index is 15.2. The highest BCUT2D eigenvalue weighted by atomic mass is 32.2. The summed E-state index contributed by atoms with van der Waals surface area (Å²) in [5, 5.41) is 6.00. The Kier molecular flexibility index (Phi) is 9.11. The summed E-state index contributed by atoms with van der Waals surface area (Å²) in [6.07, 6.45) is 3.51. The highest BCUT2D eigenvalue weighted by Crippen LogP contribution is 2.32. The Morgan fingerprint density at radius 3 is 2.53 bits per heavy atom. The average Bonchev–Trinajstić information content (AvgIpc) is 3.35. The van der Waals surface area contributed by atoms with Gasteiger partial charge in [-0.05, 0) is 45.1 Å². The molecule has 4 aromatic rings. The number of aromatic nitrogens is 5. The largest absolute Gasteiger partial charge is 0.495 e. The molecule has 0 spiro atoms. The number of alkyl halides is 2. The van der Waals surface area contributed by atoms with Crippen molar-refractivity contribution >= 4 is 44.4 Å². The van der Waals surface area contributed by atoms with E-state index in [1.165, 1.54) is 49.4 Å². The predicted molar refractivity (Wildman–Crippen MR) is 161 cm³/mol. The van der Waals surface area contributed by atoms with Crippen molar-refractivity contribution in [3.05, 3.63) is 59.6 Å². The van der Waals surface area contributed by atoms with Crippen molar-refractivity contribution < 1.29 is 31.1 Å². The minimum Gasteiger partial charge on any atom is -0.495 e. The number of nitrogens with one attached hydrogen (secondary N) is 2. The van der Waals surface area contributed by atoms with E-state index in [2.05, 4.69) is 35.5 Å². The maximum Gasteiger partial charge on any atom is 0.278 e. The Balaban J connectivity index is 1.46. The van der Waals surface area contributed by atoms with Crippen molar-refractivity contribution in [3.63, 3.8) is 0 Å². The highest BCUT2D eigenvalue weighted by molar-refractivity contribution is 7.92. The van der Waals surface area contributed by atoms with E-state index in [0.29, 0.717) is 0 Å². The van der Waals surface area contributed by atoms with Crippen LogP contribution in [0.4, 0.5) is 30.6 Å². The minimum atomic E-state index is -3.73. The lowest BCUT2D eigenvalue weighted by Gasteiger charge is -2.29. The van der Waals surface area contributed by atoms with Gasteiger partial charge < -0.3 is 24.8 Å². The van der Waals surface area contributed by atoms with E-state index in [1.54, 1.807) is 0 Å². The smallest absolute Gasteiger partial charge is 0.278 e. The first-order chi connectivity index (χ1) is 21.3. The first-order valence-electron chi connectivity index (χ1n) is 13.9. The van der Waals surface area contributed by atoms with Gasteiger partial charge in [0.15, 0.2) is 5.82 Å². The number of hydrogen-bond acceptors (Lipinski definition) is 10. The molecule has 1 fully saturated rings. The third-order valence-corrected chi connectivity index (χ3v) is 8.75. The molecule has 45 heavy (non-hydrogen) atoms. The molecule has 17 heteroatoms. The molecule has 0 unspecified atom stereocenters. The first-order valence-corrected chi connectivity index (χ1v) is 15.7. The van der Waals surface area contributed by atoms with Crippen LogP contribution in [0.2, 0.25) is 0 Å². The predicted octanol–water partition coefficient (Wildman–Crippen LogP) is 3.32. The SMILES string of the molecule is COc1cc(C(=O)NC2CCN(C)CC2)c(F)cc1Nc1ncc2cc(C(F)F)n(Cc3nccnc3N(C)S(C)(=O)=O)c2n1. The fraction of sp³-hybridized carbons (Fsp3) is 0.393. The van der Waals surface area contributed by atoms with Crippen LogP contribution in [-0.4, -0.2) is 90.3 Å². The Morgan fingerprint density at radius 2 is 1.87 bits per heavy atom. The standard InChI is InChI=1S/C28H32F3N9O4S/c1-38-9-5-17(6-10-38)35-27(41)18-12-23(44-3)20(13-19(18)29)36-28-34-14-16-11-22(24(30)31)40(25(16)37-28)15-21-26(33-8-7-32-21)39(2)45(4,42)43/h7-8,11-14,17,24H,5-6,9-10,15H2,1-4H3,(H,35,41)(H,34,36,37). The number of piperidine rings is 1. The zero-order valence-electron chi connectivity index (χ0n) is 25.0. The van der Waals surface area contributed by atoms with Crippen LogP contribution in [0.25, 0.3) is 11.0 Å². The van der Waals surface area contributed by atoms with Crippen molar-refractivity contribution in [3.8, 4) is 5.75 Å². The van der Waals surface area contributed by atoms with Crippen LogP contribution in [-0.2, 0) is 16.6 Å². The second-order valence-corrected chi connectivity index (χ2v) is 12.7. The van der Waals surface area contributed by atoms with Crippen molar-refractivity contribution in [2.75, 3.05) is 50.2 Å². The van der Waals surface area contributed by atoms with Crippen LogP contribution < -0.4 is 19.7 Å². The molecule has 0 aliphatic carbocycles. The number of anilines is 3. The summed E-state index contributed by atoms with van der Waals surface area (Å²) in [5.74, 6) is -1.35. The van der Waals surface area contributed by atoms with Gasteiger partial charge in [-0.15, -0.1) is 0 Å². The van der Waals surface area contributed by atoms with Crippen LogP contribution in [0.1, 0.15) is 41.0 Å². The molecule has 1 aliphatic rings. The normalized spacial score (nSPS) is 14.6. The molecule has 1 aliphatic heterocycles. The summed E-state index contributed by atoms with van der Waals surface area (Å²) < 4.78 is 75.4. The molecule has 5 rings (SSSR count). The molecule has 0 bridgehead atoms. The number of halogens is 3. The topological polar surface area (TPSA) is 147 Å². The van der Waals surface area contributed by atoms with Crippen molar-refractivity contribution in [1.82, 2.24) is 34.7 Å². The molecule has 0 radical (unpaired) electrons. The molecular formula is C28H32F3N9O4S. The molecule has 3 aromatic heterocycles. The average molecular weight is 648 g/mol. The van der Waals surface area contributed by atoms with Gasteiger partial charge in [-0.3, -0.25) is 14.1 Å². The zero-order valence-corrected chi connectivity index (χ0v) is 25.8. The molecular weight excluding hydrogens is 615 g/mol. The van der Waals surface area contributed by atoms with Gasteiger partial charge in [0.25, 0.3) is 12.3 Å². The second kappa shape index (κ2) is 12.8. The minimum absolute atomic E-state index is 0.0327. The summed E-state index contributed by atoms with van der Waals surface area (Å²) in [5.41, 5.74) is -0.310.